The quantitative estimate of drug-likeness (QED) is 0.252. The molecule has 1 saturated carbocycles. The van der Waals surface area contributed by atoms with Gasteiger partial charge in [0.15, 0.2) is 0 Å². The Morgan fingerprint density at radius 1 is 1.16 bits per heavy atom. The lowest BCUT2D eigenvalue weighted by atomic mass is 9.85. The molecule has 38 heavy (non-hydrogen) atoms. The topological polar surface area (TPSA) is 128 Å². The molecule has 10 nitrogen and oxygen atoms in total. The van der Waals surface area contributed by atoms with Crippen LogP contribution in [0.4, 0.5) is 17.6 Å². The summed E-state index contributed by atoms with van der Waals surface area (Å²) in [4.78, 5) is 64.4. The molecule has 3 aliphatic rings. The fourth-order valence-corrected chi connectivity index (χ4v) is 5.56. The molecule has 0 radical (unpaired) electrons. The van der Waals surface area contributed by atoms with Crippen LogP contribution < -0.4 is 16.1 Å². The summed E-state index contributed by atoms with van der Waals surface area (Å²) in [5.41, 5.74) is -1.35. The number of fused-ring (bicyclic) bond motifs is 1. The Kier molecular flexibility index (Phi) is 8.84. The van der Waals surface area contributed by atoms with Crippen molar-refractivity contribution in [2.75, 3.05) is 19.6 Å². The summed E-state index contributed by atoms with van der Waals surface area (Å²) in [7, 11) is 0. The first kappa shape index (κ1) is 29.9. The Hall–Kier alpha value is -2.64. The van der Waals surface area contributed by atoms with Gasteiger partial charge >= 0.3 is 12.1 Å². The first-order valence-corrected chi connectivity index (χ1v) is 12.8. The summed E-state index contributed by atoms with van der Waals surface area (Å²) >= 11 is 5.33. The number of rotatable bonds is 6. The fourth-order valence-electron chi connectivity index (χ4n) is 5.44. The first-order valence-electron chi connectivity index (χ1n) is 12.4. The second kappa shape index (κ2) is 11.2. The van der Waals surface area contributed by atoms with Gasteiger partial charge in [0.25, 0.3) is 17.4 Å². The predicted molar refractivity (Wildman–Crippen MR) is 125 cm³/mol. The normalized spacial score (nSPS) is 26.8. The van der Waals surface area contributed by atoms with Gasteiger partial charge in [0.2, 0.25) is 11.8 Å². The first-order chi connectivity index (χ1) is 17.5. The van der Waals surface area contributed by atoms with E-state index >= 15 is 0 Å². The van der Waals surface area contributed by atoms with Gasteiger partial charge in [-0.15, -0.1) is 0 Å². The van der Waals surface area contributed by atoms with Crippen LogP contribution in [0.5, 0.6) is 0 Å². The molecule has 6 atom stereocenters. The van der Waals surface area contributed by atoms with Crippen LogP contribution in [0, 0.1) is 23.2 Å². The number of likely N-dealkylation sites (tertiary alicyclic amines) is 1. The molecule has 5 amide bonds. The summed E-state index contributed by atoms with van der Waals surface area (Å²) in [5.74, 6) is -6.91. The van der Waals surface area contributed by atoms with Crippen molar-refractivity contribution in [2.24, 2.45) is 23.2 Å². The number of hydrogen-bond donors (Lipinski definition) is 3. The Morgan fingerprint density at radius 2 is 1.82 bits per heavy atom. The number of hydrogen-bond acceptors (Lipinski definition) is 5. The van der Waals surface area contributed by atoms with Crippen LogP contribution in [0.25, 0.3) is 0 Å². The van der Waals surface area contributed by atoms with Crippen molar-refractivity contribution in [3.8, 4) is 0 Å². The van der Waals surface area contributed by atoms with Gasteiger partial charge in [0.05, 0.1) is 12.5 Å². The number of nitrogens with zero attached hydrogens (tertiary/aromatic N) is 2. The molecule has 2 heterocycles. The molecular weight excluding hydrogens is 538 g/mol. The molecule has 3 N–H and O–H groups in total. The smallest absolute Gasteiger partial charge is 0.356 e. The molecule has 1 aliphatic carbocycles. The summed E-state index contributed by atoms with van der Waals surface area (Å²) in [6, 6.07) is -2.80. The lowest BCUT2D eigenvalue weighted by molar-refractivity contribution is -0.176. The van der Waals surface area contributed by atoms with Crippen molar-refractivity contribution in [1.82, 2.24) is 26.0 Å². The number of hydrazine groups is 1. The minimum Gasteiger partial charge on any atom is -0.356 e. The van der Waals surface area contributed by atoms with Crippen molar-refractivity contribution >= 4 is 41.1 Å². The molecule has 15 heteroatoms. The van der Waals surface area contributed by atoms with Crippen LogP contribution >= 0.6 is 11.6 Å². The van der Waals surface area contributed by atoms with Crippen molar-refractivity contribution < 1.29 is 41.5 Å². The highest BCUT2D eigenvalue weighted by atomic mass is 35.5. The Morgan fingerprint density at radius 3 is 2.34 bits per heavy atom. The third kappa shape index (κ3) is 6.49. The fraction of sp³-hybridized carbons (Fsp3) is 0.783. The highest BCUT2D eigenvalue weighted by molar-refractivity contribution is 6.29. The lowest BCUT2D eigenvalue weighted by Crippen LogP contribution is -2.61. The van der Waals surface area contributed by atoms with Gasteiger partial charge in [-0.3, -0.25) is 29.4 Å². The van der Waals surface area contributed by atoms with Crippen molar-refractivity contribution in [3.05, 3.63) is 0 Å². The number of nitrogens with one attached hydrogen (secondary N) is 3. The zero-order valence-electron chi connectivity index (χ0n) is 21.2. The van der Waals surface area contributed by atoms with E-state index in [4.69, 9.17) is 11.6 Å². The van der Waals surface area contributed by atoms with E-state index in [2.05, 4.69) is 10.7 Å². The minimum absolute atomic E-state index is 0.0657. The summed E-state index contributed by atoms with van der Waals surface area (Å²) in [6.07, 6.45) is -2.91. The second-order valence-corrected chi connectivity index (χ2v) is 11.4. The van der Waals surface area contributed by atoms with Crippen LogP contribution in [0.2, 0.25) is 0 Å². The molecule has 2 saturated heterocycles. The zero-order valence-corrected chi connectivity index (χ0v) is 22.0. The number of halogens is 5. The van der Waals surface area contributed by atoms with Crippen LogP contribution in [0.3, 0.4) is 0 Å². The van der Waals surface area contributed by atoms with E-state index in [1.54, 1.807) is 5.32 Å². The van der Waals surface area contributed by atoms with Crippen LogP contribution in [0.15, 0.2) is 0 Å². The van der Waals surface area contributed by atoms with Crippen molar-refractivity contribution in [1.29, 1.82) is 0 Å². The maximum atomic E-state index is 13.7. The number of alkyl halides is 5. The Labute approximate surface area is 222 Å². The summed E-state index contributed by atoms with van der Waals surface area (Å²) < 4.78 is 52.7. The van der Waals surface area contributed by atoms with Gasteiger partial charge in [-0.25, -0.2) is 9.40 Å². The number of amides is 5. The SMILES string of the molecule is CC(C)(C)C(NC(=O)C(F)(F)F)C(=O)N1C[C@@H]2CCC[C@@H]2[C@H]1C(=O)NN(C[C@@H]1CCNC1=O)C(=O)C(F)Cl. The van der Waals surface area contributed by atoms with Gasteiger partial charge in [-0.1, -0.05) is 38.8 Å². The van der Waals surface area contributed by atoms with E-state index in [0.717, 1.165) is 11.3 Å². The highest BCUT2D eigenvalue weighted by Gasteiger charge is 2.53. The third-order valence-electron chi connectivity index (χ3n) is 7.35. The third-order valence-corrected chi connectivity index (χ3v) is 7.54. The van der Waals surface area contributed by atoms with Crippen molar-refractivity contribution in [2.45, 2.75) is 70.3 Å². The average Bonchev–Trinajstić information content (AvgIpc) is 3.50. The monoisotopic (exact) mass is 569 g/mol. The summed E-state index contributed by atoms with van der Waals surface area (Å²) in [5, 5.41) is 4.95. The molecule has 0 spiro atoms. The Balaban J connectivity index is 1.87. The van der Waals surface area contributed by atoms with E-state index in [-0.39, 0.29) is 30.8 Å². The standard InChI is InChI=1S/C23H32ClF4N5O5/c1-22(2,3)15(30-21(38)23(26,27)28)19(36)32-9-11-5-4-6-13(11)14(32)18(35)31-33(20(37)16(24)25)10-12-7-8-29-17(12)34/h11-16H,4-10H2,1-3H3,(H,29,34)(H,30,38)(H,31,35)/t11-,12-,13-,14-,15?,16?/m0/s1. The van der Waals surface area contributed by atoms with Gasteiger partial charge in [-0.05, 0) is 36.5 Å². The molecule has 214 valence electrons. The lowest BCUT2D eigenvalue weighted by Gasteiger charge is -2.37. The van der Waals surface area contributed by atoms with Gasteiger partial charge in [-0.2, -0.15) is 13.2 Å². The average molecular weight is 570 g/mol. The number of carbonyl (C=O) groups is 5. The highest BCUT2D eigenvalue weighted by Crippen LogP contribution is 2.43. The van der Waals surface area contributed by atoms with Gasteiger partial charge in [0.1, 0.15) is 12.1 Å². The van der Waals surface area contributed by atoms with Crippen LogP contribution in [-0.4, -0.2) is 83.0 Å². The number of carbonyl (C=O) groups excluding carboxylic acids is 5. The second-order valence-electron chi connectivity index (χ2n) is 11.1. The summed E-state index contributed by atoms with van der Waals surface area (Å²) in [6.45, 7) is 4.49. The minimum atomic E-state index is -5.22. The zero-order chi connectivity index (χ0) is 28.6. The predicted octanol–water partition coefficient (Wildman–Crippen LogP) is 1.24. The van der Waals surface area contributed by atoms with E-state index in [1.165, 1.54) is 20.8 Å². The molecule has 0 aromatic carbocycles. The van der Waals surface area contributed by atoms with Gasteiger partial charge in [0, 0.05) is 13.1 Å². The molecule has 0 aromatic rings. The van der Waals surface area contributed by atoms with E-state index in [0.29, 0.717) is 30.8 Å². The molecule has 2 unspecified atom stereocenters. The molecular formula is C23H32ClF4N5O5. The maximum absolute atomic E-state index is 13.7. The molecule has 3 rings (SSSR count). The van der Waals surface area contributed by atoms with Crippen LogP contribution in [0.1, 0.15) is 46.5 Å². The largest absolute Gasteiger partial charge is 0.471 e. The molecule has 0 bridgehead atoms. The molecule has 0 aromatic heterocycles. The molecule has 3 fully saturated rings. The van der Waals surface area contributed by atoms with Gasteiger partial charge < -0.3 is 15.5 Å². The van der Waals surface area contributed by atoms with E-state index in [9.17, 15) is 41.5 Å². The maximum Gasteiger partial charge on any atom is 0.471 e. The van der Waals surface area contributed by atoms with E-state index in [1.807, 2.05) is 0 Å². The molecule has 2 aliphatic heterocycles. The van der Waals surface area contributed by atoms with Crippen molar-refractivity contribution in [3.63, 3.8) is 0 Å². The van der Waals surface area contributed by atoms with Crippen LogP contribution in [-0.2, 0) is 24.0 Å². The Bertz CT molecular complexity index is 973. The van der Waals surface area contributed by atoms with E-state index < -0.39 is 58.9 Å².